The van der Waals surface area contributed by atoms with Crippen molar-refractivity contribution in [1.82, 2.24) is 9.97 Å². The molecule has 1 atom stereocenters. The minimum atomic E-state index is 0.301. The molecule has 1 N–H and O–H groups in total. The second-order valence-electron chi connectivity index (χ2n) is 4.30. The Morgan fingerprint density at radius 1 is 1.06 bits per heavy atom. The maximum atomic E-state index is 4.32. The molecule has 0 spiro atoms. The van der Waals surface area contributed by atoms with E-state index in [0.29, 0.717) is 5.92 Å². The van der Waals surface area contributed by atoms with E-state index in [9.17, 15) is 0 Å². The summed E-state index contributed by atoms with van der Waals surface area (Å²) in [4.78, 5) is 7.49. The average molecular weight is 222 g/mol. The topological polar surface area (TPSA) is 28.7 Å². The van der Waals surface area contributed by atoms with Crippen LogP contribution in [0.1, 0.15) is 24.2 Å². The fourth-order valence-electron chi connectivity index (χ4n) is 2.15. The Bertz CT molecular complexity index is 626. The van der Waals surface area contributed by atoms with Crippen molar-refractivity contribution in [3.8, 4) is 0 Å². The molecular formula is C15H14N2. The number of aromatic nitrogens is 2. The molecule has 0 saturated heterocycles. The molecule has 1 heterocycles. The molecule has 0 amide bonds. The third-order valence-corrected chi connectivity index (χ3v) is 3.20. The Kier molecular flexibility index (Phi) is 2.41. The van der Waals surface area contributed by atoms with Crippen molar-refractivity contribution in [1.29, 1.82) is 0 Å². The first kappa shape index (κ1) is 10.1. The van der Waals surface area contributed by atoms with Crippen molar-refractivity contribution in [2.45, 2.75) is 12.8 Å². The van der Waals surface area contributed by atoms with E-state index in [-0.39, 0.29) is 0 Å². The number of benzene rings is 2. The van der Waals surface area contributed by atoms with E-state index in [4.69, 9.17) is 0 Å². The van der Waals surface area contributed by atoms with E-state index in [1.54, 1.807) is 6.20 Å². The fraction of sp³-hybridized carbons (Fsp3) is 0.133. The predicted molar refractivity (Wildman–Crippen MR) is 70.1 cm³/mol. The fourth-order valence-corrected chi connectivity index (χ4v) is 2.15. The van der Waals surface area contributed by atoms with Crippen LogP contribution in [0.25, 0.3) is 10.8 Å². The number of fused-ring (bicyclic) bond motifs is 1. The highest BCUT2D eigenvalue weighted by molar-refractivity contribution is 5.83. The van der Waals surface area contributed by atoms with Crippen molar-refractivity contribution < 1.29 is 0 Å². The number of H-pyrrole nitrogens is 1. The lowest BCUT2D eigenvalue weighted by atomic mass is 9.97. The first-order valence-corrected chi connectivity index (χ1v) is 5.82. The molecule has 3 aromatic rings. The van der Waals surface area contributed by atoms with Crippen LogP contribution >= 0.6 is 0 Å². The van der Waals surface area contributed by atoms with Gasteiger partial charge in [0.2, 0.25) is 0 Å². The van der Waals surface area contributed by atoms with Gasteiger partial charge in [-0.1, -0.05) is 49.4 Å². The van der Waals surface area contributed by atoms with E-state index in [1.807, 2.05) is 6.20 Å². The summed E-state index contributed by atoms with van der Waals surface area (Å²) in [5, 5.41) is 2.56. The summed E-state index contributed by atoms with van der Waals surface area (Å²) in [6.45, 7) is 2.17. The van der Waals surface area contributed by atoms with Gasteiger partial charge in [0.25, 0.3) is 0 Å². The Morgan fingerprint density at radius 2 is 1.88 bits per heavy atom. The van der Waals surface area contributed by atoms with Gasteiger partial charge in [-0.25, -0.2) is 4.98 Å². The Hall–Kier alpha value is -2.09. The molecule has 0 saturated carbocycles. The first-order chi connectivity index (χ1) is 8.34. The van der Waals surface area contributed by atoms with Gasteiger partial charge in [0, 0.05) is 18.3 Å². The number of rotatable bonds is 2. The molecule has 0 aliphatic rings. The molecule has 0 radical (unpaired) electrons. The second kappa shape index (κ2) is 4.06. The van der Waals surface area contributed by atoms with Gasteiger partial charge in [0.15, 0.2) is 0 Å². The summed E-state index contributed by atoms with van der Waals surface area (Å²) in [6.07, 6.45) is 3.67. The molecule has 2 nitrogen and oxygen atoms in total. The van der Waals surface area contributed by atoms with E-state index < -0.39 is 0 Å². The van der Waals surface area contributed by atoms with Gasteiger partial charge in [-0.05, 0) is 16.3 Å². The lowest BCUT2D eigenvalue weighted by Crippen LogP contribution is -1.98. The van der Waals surface area contributed by atoms with Gasteiger partial charge in [0.1, 0.15) is 5.82 Å². The Balaban J connectivity index is 2.06. The van der Waals surface area contributed by atoms with Crippen LogP contribution in [0.2, 0.25) is 0 Å². The van der Waals surface area contributed by atoms with Gasteiger partial charge in [0.05, 0.1) is 0 Å². The zero-order chi connectivity index (χ0) is 11.7. The normalized spacial score (nSPS) is 12.8. The highest BCUT2D eigenvalue weighted by Crippen LogP contribution is 2.24. The molecule has 0 unspecified atom stereocenters. The van der Waals surface area contributed by atoms with Crippen LogP contribution in [0.15, 0.2) is 54.9 Å². The number of hydrogen-bond acceptors (Lipinski definition) is 1. The zero-order valence-electron chi connectivity index (χ0n) is 9.72. The summed E-state index contributed by atoms with van der Waals surface area (Å²) in [6, 6.07) is 15.0. The summed E-state index contributed by atoms with van der Waals surface area (Å²) < 4.78 is 0. The summed E-state index contributed by atoms with van der Waals surface area (Å²) in [5.74, 6) is 1.31. The minimum absolute atomic E-state index is 0.301. The third kappa shape index (κ3) is 1.82. The molecule has 1 aromatic heterocycles. The number of nitrogens with one attached hydrogen (secondary N) is 1. The maximum Gasteiger partial charge on any atom is 0.113 e. The highest BCUT2D eigenvalue weighted by Gasteiger charge is 2.10. The number of nitrogens with zero attached hydrogens (tertiary/aromatic N) is 1. The van der Waals surface area contributed by atoms with Crippen LogP contribution in [0.4, 0.5) is 0 Å². The molecular weight excluding hydrogens is 208 g/mol. The van der Waals surface area contributed by atoms with Crippen LogP contribution in [0, 0.1) is 0 Å². The van der Waals surface area contributed by atoms with Crippen molar-refractivity contribution in [2.24, 2.45) is 0 Å². The maximum absolute atomic E-state index is 4.32. The number of imidazole rings is 1. The highest BCUT2D eigenvalue weighted by atomic mass is 14.9. The molecule has 0 aliphatic heterocycles. The molecule has 2 heteroatoms. The SMILES string of the molecule is C[C@@H](c1ccc2ccccc2c1)c1ncc[nH]1. The smallest absolute Gasteiger partial charge is 0.113 e. The monoisotopic (exact) mass is 222 g/mol. The lowest BCUT2D eigenvalue weighted by Gasteiger charge is -2.10. The summed E-state index contributed by atoms with van der Waals surface area (Å²) >= 11 is 0. The van der Waals surface area contributed by atoms with Crippen molar-refractivity contribution in [3.63, 3.8) is 0 Å². The van der Waals surface area contributed by atoms with Crippen molar-refractivity contribution >= 4 is 10.8 Å². The van der Waals surface area contributed by atoms with E-state index in [0.717, 1.165) is 5.82 Å². The number of aromatic amines is 1. The zero-order valence-corrected chi connectivity index (χ0v) is 9.72. The van der Waals surface area contributed by atoms with Crippen LogP contribution in [0.5, 0.6) is 0 Å². The molecule has 2 aromatic carbocycles. The largest absolute Gasteiger partial charge is 0.348 e. The Labute approximate surface area is 100 Å². The quantitative estimate of drug-likeness (QED) is 0.703. The minimum Gasteiger partial charge on any atom is -0.348 e. The third-order valence-electron chi connectivity index (χ3n) is 3.20. The summed E-state index contributed by atoms with van der Waals surface area (Å²) in [5.41, 5.74) is 1.29. The second-order valence-corrected chi connectivity index (χ2v) is 4.30. The van der Waals surface area contributed by atoms with Gasteiger partial charge in [-0.3, -0.25) is 0 Å². The predicted octanol–water partition coefficient (Wildman–Crippen LogP) is 3.71. The first-order valence-electron chi connectivity index (χ1n) is 5.82. The Morgan fingerprint density at radius 3 is 2.65 bits per heavy atom. The molecule has 3 rings (SSSR count). The number of hydrogen-bond donors (Lipinski definition) is 1. The van der Waals surface area contributed by atoms with E-state index >= 15 is 0 Å². The van der Waals surface area contributed by atoms with Crippen LogP contribution in [-0.2, 0) is 0 Å². The van der Waals surface area contributed by atoms with Crippen molar-refractivity contribution in [2.75, 3.05) is 0 Å². The van der Waals surface area contributed by atoms with Crippen molar-refractivity contribution in [3.05, 3.63) is 66.2 Å². The molecule has 17 heavy (non-hydrogen) atoms. The molecule has 84 valence electrons. The molecule has 0 fully saturated rings. The molecule has 0 aliphatic carbocycles. The van der Waals surface area contributed by atoms with E-state index in [2.05, 4.69) is 59.4 Å². The average Bonchev–Trinajstić information content (AvgIpc) is 2.91. The van der Waals surface area contributed by atoms with Crippen LogP contribution < -0.4 is 0 Å². The van der Waals surface area contributed by atoms with Gasteiger partial charge < -0.3 is 4.98 Å². The van der Waals surface area contributed by atoms with Gasteiger partial charge >= 0.3 is 0 Å². The summed E-state index contributed by atoms with van der Waals surface area (Å²) in [7, 11) is 0. The molecule has 0 bridgehead atoms. The standard InChI is InChI=1S/C15H14N2/c1-11(15-16-8-9-17-15)13-7-6-12-4-2-3-5-14(12)10-13/h2-11H,1H3,(H,16,17)/t11-/m0/s1. The van der Waals surface area contributed by atoms with Gasteiger partial charge in [-0.15, -0.1) is 0 Å². The van der Waals surface area contributed by atoms with E-state index in [1.165, 1.54) is 16.3 Å². The lowest BCUT2D eigenvalue weighted by molar-refractivity contribution is 0.841. The van der Waals surface area contributed by atoms with Crippen LogP contribution in [0.3, 0.4) is 0 Å². The van der Waals surface area contributed by atoms with Crippen LogP contribution in [-0.4, -0.2) is 9.97 Å². The van der Waals surface area contributed by atoms with Gasteiger partial charge in [-0.2, -0.15) is 0 Å².